The lowest BCUT2D eigenvalue weighted by atomic mass is 10.1. The van der Waals surface area contributed by atoms with Gasteiger partial charge in [-0.05, 0) is 35.7 Å². The van der Waals surface area contributed by atoms with Gasteiger partial charge in [-0.3, -0.25) is 14.9 Å². The third-order valence-electron chi connectivity index (χ3n) is 3.00. The van der Waals surface area contributed by atoms with Gasteiger partial charge in [-0.2, -0.15) is 0 Å². The summed E-state index contributed by atoms with van der Waals surface area (Å²) in [7, 11) is 0. The van der Waals surface area contributed by atoms with Crippen molar-refractivity contribution < 1.29 is 14.4 Å². The first-order chi connectivity index (χ1) is 10.6. The SMILES string of the molecule is O=C1NC(=O)N(c2cccc(Br)c2)C(=O)/C1=C/c1cccs1. The molecule has 2 aromatic rings. The number of imide groups is 2. The molecule has 0 saturated carbocycles. The van der Waals surface area contributed by atoms with Crippen molar-refractivity contribution in [1.29, 1.82) is 0 Å². The van der Waals surface area contributed by atoms with Gasteiger partial charge in [0.25, 0.3) is 11.8 Å². The van der Waals surface area contributed by atoms with Crippen LogP contribution in [0.4, 0.5) is 10.5 Å². The van der Waals surface area contributed by atoms with Crippen molar-refractivity contribution in [2.24, 2.45) is 0 Å². The Morgan fingerprint density at radius 2 is 1.95 bits per heavy atom. The Morgan fingerprint density at radius 3 is 2.64 bits per heavy atom. The van der Waals surface area contributed by atoms with E-state index in [-0.39, 0.29) is 5.57 Å². The molecule has 1 aliphatic rings. The number of barbiturate groups is 1. The minimum Gasteiger partial charge on any atom is -0.273 e. The average molecular weight is 377 g/mol. The molecule has 0 spiro atoms. The number of urea groups is 1. The molecule has 1 aliphatic heterocycles. The van der Waals surface area contributed by atoms with Gasteiger partial charge >= 0.3 is 6.03 Å². The summed E-state index contributed by atoms with van der Waals surface area (Å²) in [6.07, 6.45) is 1.49. The number of hydrogen-bond donors (Lipinski definition) is 1. The number of halogens is 1. The summed E-state index contributed by atoms with van der Waals surface area (Å²) in [6.45, 7) is 0. The van der Waals surface area contributed by atoms with Crippen LogP contribution in [0.5, 0.6) is 0 Å². The van der Waals surface area contributed by atoms with Crippen molar-refractivity contribution in [3.8, 4) is 0 Å². The summed E-state index contributed by atoms with van der Waals surface area (Å²) in [5, 5.41) is 4.03. The summed E-state index contributed by atoms with van der Waals surface area (Å²) in [5.74, 6) is -1.32. The number of nitrogens with zero attached hydrogens (tertiary/aromatic N) is 1. The molecule has 0 aliphatic carbocycles. The lowest BCUT2D eigenvalue weighted by Crippen LogP contribution is -2.54. The lowest BCUT2D eigenvalue weighted by molar-refractivity contribution is -0.122. The van der Waals surface area contributed by atoms with Crippen LogP contribution in [0.2, 0.25) is 0 Å². The van der Waals surface area contributed by atoms with Crippen LogP contribution in [0.15, 0.2) is 51.8 Å². The monoisotopic (exact) mass is 376 g/mol. The number of carbonyl (C=O) groups is 3. The molecule has 110 valence electrons. The van der Waals surface area contributed by atoms with Crippen LogP contribution in [0, 0.1) is 0 Å². The second kappa shape index (κ2) is 5.86. The molecule has 1 aromatic carbocycles. The molecule has 1 aromatic heterocycles. The van der Waals surface area contributed by atoms with Gasteiger partial charge in [0.05, 0.1) is 5.69 Å². The fraction of sp³-hybridized carbons (Fsp3) is 0. The van der Waals surface area contributed by atoms with Crippen molar-refractivity contribution in [2.75, 3.05) is 4.90 Å². The van der Waals surface area contributed by atoms with Crippen LogP contribution in [0.25, 0.3) is 6.08 Å². The van der Waals surface area contributed by atoms with Gasteiger partial charge in [0.1, 0.15) is 5.57 Å². The Morgan fingerprint density at radius 1 is 1.14 bits per heavy atom. The maximum absolute atomic E-state index is 12.5. The largest absolute Gasteiger partial charge is 0.335 e. The fourth-order valence-electron chi connectivity index (χ4n) is 2.02. The quantitative estimate of drug-likeness (QED) is 0.646. The molecular weight excluding hydrogens is 368 g/mol. The predicted octanol–water partition coefficient (Wildman–Crippen LogP) is 3.18. The number of rotatable bonds is 2. The summed E-state index contributed by atoms with van der Waals surface area (Å²) in [4.78, 5) is 38.2. The molecule has 7 heteroatoms. The minimum atomic E-state index is -0.753. The maximum Gasteiger partial charge on any atom is 0.335 e. The molecule has 22 heavy (non-hydrogen) atoms. The third kappa shape index (κ3) is 2.72. The first kappa shape index (κ1) is 14.7. The fourth-order valence-corrected chi connectivity index (χ4v) is 3.07. The van der Waals surface area contributed by atoms with E-state index < -0.39 is 17.8 Å². The zero-order chi connectivity index (χ0) is 15.7. The Hall–Kier alpha value is -2.25. The van der Waals surface area contributed by atoms with E-state index in [0.29, 0.717) is 5.69 Å². The highest BCUT2D eigenvalue weighted by Crippen LogP contribution is 2.25. The topological polar surface area (TPSA) is 66.5 Å². The number of benzene rings is 1. The maximum atomic E-state index is 12.5. The molecule has 5 nitrogen and oxygen atoms in total. The normalized spacial score (nSPS) is 17.0. The molecule has 1 saturated heterocycles. The van der Waals surface area contributed by atoms with Crippen LogP contribution in [-0.2, 0) is 9.59 Å². The highest BCUT2D eigenvalue weighted by Gasteiger charge is 2.36. The van der Waals surface area contributed by atoms with E-state index in [1.54, 1.807) is 30.3 Å². The molecule has 0 radical (unpaired) electrons. The van der Waals surface area contributed by atoms with Crippen LogP contribution in [0.1, 0.15) is 4.88 Å². The second-order valence-corrected chi connectivity index (χ2v) is 6.35. The Labute approximate surface area is 138 Å². The van der Waals surface area contributed by atoms with Gasteiger partial charge in [0, 0.05) is 9.35 Å². The molecule has 2 heterocycles. The third-order valence-corrected chi connectivity index (χ3v) is 4.31. The van der Waals surface area contributed by atoms with E-state index in [1.165, 1.54) is 17.4 Å². The van der Waals surface area contributed by atoms with Gasteiger partial charge < -0.3 is 0 Å². The summed E-state index contributed by atoms with van der Waals surface area (Å²) < 4.78 is 0.728. The van der Waals surface area contributed by atoms with Crippen LogP contribution < -0.4 is 10.2 Å². The van der Waals surface area contributed by atoms with Crippen molar-refractivity contribution >= 4 is 56.9 Å². The van der Waals surface area contributed by atoms with E-state index in [4.69, 9.17) is 0 Å². The number of anilines is 1. The van der Waals surface area contributed by atoms with Gasteiger partial charge in [0.15, 0.2) is 0 Å². The van der Waals surface area contributed by atoms with Crippen molar-refractivity contribution in [3.05, 3.63) is 56.7 Å². The summed E-state index contributed by atoms with van der Waals surface area (Å²) in [5.41, 5.74) is 0.323. The van der Waals surface area contributed by atoms with Crippen LogP contribution in [0.3, 0.4) is 0 Å². The number of carbonyl (C=O) groups excluding carboxylic acids is 3. The second-order valence-electron chi connectivity index (χ2n) is 4.45. The predicted molar refractivity (Wildman–Crippen MR) is 87.5 cm³/mol. The molecule has 0 atom stereocenters. The molecule has 0 bridgehead atoms. The molecule has 3 rings (SSSR count). The Bertz CT molecular complexity index is 799. The molecule has 1 N–H and O–H groups in total. The minimum absolute atomic E-state index is 0.0676. The molecule has 4 amide bonds. The smallest absolute Gasteiger partial charge is 0.273 e. The highest BCUT2D eigenvalue weighted by atomic mass is 79.9. The van der Waals surface area contributed by atoms with Gasteiger partial charge in [-0.25, -0.2) is 9.69 Å². The zero-order valence-corrected chi connectivity index (χ0v) is 13.5. The van der Waals surface area contributed by atoms with Crippen molar-refractivity contribution in [2.45, 2.75) is 0 Å². The zero-order valence-electron chi connectivity index (χ0n) is 11.1. The summed E-state index contributed by atoms with van der Waals surface area (Å²) >= 11 is 4.70. The number of thiophene rings is 1. The standard InChI is InChI=1S/C15H9BrN2O3S/c16-9-3-1-4-10(7-9)18-14(20)12(13(19)17-15(18)21)8-11-5-2-6-22-11/h1-8H,(H,17,19,21)/b12-8+. The number of nitrogens with one attached hydrogen (secondary N) is 1. The number of amides is 4. The van der Waals surface area contributed by atoms with Crippen LogP contribution in [-0.4, -0.2) is 17.8 Å². The van der Waals surface area contributed by atoms with Gasteiger partial charge in [-0.1, -0.05) is 28.1 Å². The van der Waals surface area contributed by atoms with Crippen molar-refractivity contribution in [1.82, 2.24) is 5.32 Å². The Balaban J connectivity index is 2.03. The van der Waals surface area contributed by atoms with Gasteiger partial charge in [-0.15, -0.1) is 11.3 Å². The van der Waals surface area contributed by atoms with E-state index in [1.807, 2.05) is 11.4 Å². The van der Waals surface area contributed by atoms with Gasteiger partial charge in [0.2, 0.25) is 0 Å². The lowest BCUT2D eigenvalue weighted by Gasteiger charge is -2.26. The average Bonchev–Trinajstić information content (AvgIpc) is 2.96. The van der Waals surface area contributed by atoms with E-state index in [9.17, 15) is 14.4 Å². The number of hydrogen-bond acceptors (Lipinski definition) is 4. The molecule has 1 fully saturated rings. The first-order valence-corrected chi connectivity index (χ1v) is 7.94. The van der Waals surface area contributed by atoms with E-state index >= 15 is 0 Å². The Kier molecular flexibility index (Phi) is 3.91. The molecular formula is C15H9BrN2O3S. The molecule has 0 unspecified atom stereocenters. The first-order valence-electron chi connectivity index (χ1n) is 6.27. The van der Waals surface area contributed by atoms with Crippen LogP contribution >= 0.6 is 27.3 Å². The van der Waals surface area contributed by atoms with Crippen molar-refractivity contribution in [3.63, 3.8) is 0 Å². The highest BCUT2D eigenvalue weighted by molar-refractivity contribution is 9.10. The van der Waals surface area contributed by atoms with E-state index in [0.717, 1.165) is 14.2 Å². The summed E-state index contributed by atoms with van der Waals surface area (Å²) in [6, 6.07) is 9.60. The van der Waals surface area contributed by atoms with E-state index in [2.05, 4.69) is 21.2 Å².